The third-order valence-corrected chi connectivity index (χ3v) is 6.25. The Bertz CT molecular complexity index is 1370. The Kier molecular flexibility index (Phi) is 8.26. The molecule has 0 aliphatic heterocycles. The molecule has 0 saturated carbocycles. The molecular weight excluding hydrogens is 479 g/mol. The van der Waals surface area contributed by atoms with Crippen LogP contribution in [0.15, 0.2) is 97.6 Å². The van der Waals surface area contributed by atoms with E-state index in [9.17, 15) is 14.0 Å². The molecule has 2 aromatic carbocycles. The van der Waals surface area contributed by atoms with Gasteiger partial charge in [-0.2, -0.15) is 0 Å². The lowest BCUT2D eigenvalue weighted by molar-refractivity contribution is -0.122. The summed E-state index contributed by atoms with van der Waals surface area (Å²) >= 11 is 0. The van der Waals surface area contributed by atoms with Crippen molar-refractivity contribution in [2.75, 3.05) is 11.4 Å². The number of benzene rings is 2. The number of nitrogens with one attached hydrogen (secondary N) is 1. The summed E-state index contributed by atoms with van der Waals surface area (Å²) in [6, 6.07) is 19.8. The second-order valence-corrected chi connectivity index (χ2v) is 10.1. The van der Waals surface area contributed by atoms with Crippen molar-refractivity contribution in [3.8, 4) is 0 Å². The first-order valence-corrected chi connectivity index (χ1v) is 12.5. The van der Waals surface area contributed by atoms with Crippen molar-refractivity contribution in [1.82, 2.24) is 15.3 Å². The highest BCUT2D eigenvalue weighted by Crippen LogP contribution is 2.32. The summed E-state index contributed by atoms with van der Waals surface area (Å²) in [5.74, 6) is -1.06. The van der Waals surface area contributed by atoms with Gasteiger partial charge >= 0.3 is 0 Å². The molecule has 2 aromatic heterocycles. The number of pyridine rings is 2. The van der Waals surface area contributed by atoms with Crippen LogP contribution in [-0.2, 0) is 16.6 Å². The van der Waals surface area contributed by atoms with Gasteiger partial charge < -0.3 is 5.32 Å². The molecule has 6 nitrogen and oxygen atoms in total. The second kappa shape index (κ2) is 11.8. The standard InChI is InChI=1S/C31H31FN4O2/c1-31(2,3)25-11-13-27(14-12-25)36(30(38)24-9-6-17-34-21-24)28(23-8-5-16-33-20-23)29(37)35-18-15-22-7-4-10-26(32)19-22/h4-14,16-17,19-21,28H,15,18H2,1-3H3,(H,35,37). The van der Waals surface area contributed by atoms with E-state index in [0.717, 1.165) is 11.1 Å². The summed E-state index contributed by atoms with van der Waals surface area (Å²) in [5, 5.41) is 2.94. The van der Waals surface area contributed by atoms with Crippen LogP contribution in [0.25, 0.3) is 0 Å². The monoisotopic (exact) mass is 510 g/mol. The van der Waals surface area contributed by atoms with E-state index in [-0.39, 0.29) is 29.6 Å². The number of amides is 2. The fourth-order valence-electron chi connectivity index (χ4n) is 4.21. The highest BCUT2D eigenvalue weighted by molar-refractivity contribution is 6.10. The van der Waals surface area contributed by atoms with Gasteiger partial charge in [0.25, 0.3) is 5.91 Å². The SMILES string of the molecule is CC(C)(C)c1ccc(N(C(=O)c2cccnc2)C(C(=O)NCCc2cccc(F)c2)c2cccnc2)cc1. The summed E-state index contributed by atoms with van der Waals surface area (Å²) in [4.78, 5) is 37.5. The van der Waals surface area contributed by atoms with Crippen molar-refractivity contribution in [3.05, 3.63) is 126 Å². The van der Waals surface area contributed by atoms with Crippen molar-refractivity contribution >= 4 is 17.5 Å². The van der Waals surface area contributed by atoms with Crippen molar-refractivity contribution in [2.24, 2.45) is 0 Å². The summed E-state index contributed by atoms with van der Waals surface area (Å²) in [5.41, 5.74) is 3.29. The fourth-order valence-corrected chi connectivity index (χ4v) is 4.21. The van der Waals surface area contributed by atoms with Gasteiger partial charge in [-0.05, 0) is 65.4 Å². The van der Waals surface area contributed by atoms with Gasteiger partial charge in [-0.3, -0.25) is 24.5 Å². The number of carbonyl (C=O) groups excluding carboxylic acids is 2. The summed E-state index contributed by atoms with van der Waals surface area (Å²) in [6.07, 6.45) is 6.73. The number of nitrogens with zero attached hydrogens (tertiary/aromatic N) is 3. The Morgan fingerprint density at radius 2 is 1.63 bits per heavy atom. The second-order valence-electron chi connectivity index (χ2n) is 10.1. The maximum Gasteiger partial charge on any atom is 0.260 e. The van der Waals surface area contributed by atoms with Gasteiger partial charge in [0.05, 0.1) is 5.56 Å². The molecule has 0 spiro atoms. The van der Waals surface area contributed by atoms with Crippen molar-refractivity contribution in [1.29, 1.82) is 0 Å². The van der Waals surface area contributed by atoms with Gasteiger partial charge in [-0.1, -0.05) is 51.1 Å². The first-order chi connectivity index (χ1) is 18.2. The molecule has 194 valence electrons. The van der Waals surface area contributed by atoms with Gasteiger partial charge in [0.1, 0.15) is 11.9 Å². The molecule has 0 fully saturated rings. The van der Waals surface area contributed by atoms with Crippen molar-refractivity contribution in [2.45, 2.75) is 38.6 Å². The summed E-state index contributed by atoms with van der Waals surface area (Å²) < 4.78 is 13.6. The van der Waals surface area contributed by atoms with Crippen LogP contribution >= 0.6 is 0 Å². The molecule has 0 saturated heterocycles. The number of carbonyl (C=O) groups is 2. The van der Waals surface area contributed by atoms with Crippen LogP contribution in [0.2, 0.25) is 0 Å². The van der Waals surface area contributed by atoms with Crippen LogP contribution in [-0.4, -0.2) is 28.3 Å². The van der Waals surface area contributed by atoms with E-state index < -0.39 is 6.04 Å². The molecule has 1 N–H and O–H groups in total. The lowest BCUT2D eigenvalue weighted by Crippen LogP contribution is -2.44. The van der Waals surface area contributed by atoms with E-state index in [2.05, 4.69) is 36.1 Å². The minimum atomic E-state index is -0.996. The van der Waals surface area contributed by atoms with Crippen LogP contribution in [0.5, 0.6) is 0 Å². The fraction of sp³-hybridized carbons (Fsp3) is 0.226. The Morgan fingerprint density at radius 3 is 2.24 bits per heavy atom. The topological polar surface area (TPSA) is 75.2 Å². The maximum atomic E-state index is 13.9. The molecule has 7 heteroatoms. The predicted molar refractivity (Wildman–Crippen MR) is 146 cm³/mol. The molecule has 0 bridgehead atoms. The number of aromatic nitrogens is 2. The van der Waals surface area contributed by atoms with E-state index in [4.69, 9.17) is 0 Å². The molecule has 1 atom stereocenters. The van der Waals surface area contributed by atoms with Crippen molar-refractivity contribution in [3.63, 3.8) is 0 Å². The van der Waals surface area contributed by atoms with Crippen LogP contribution in [0, 0.1) is 5.82 Å². The van der Waals surface area contributed by atoms with Crippen LogP contribution < -0.4 is 10.2 Å². The predicted octanol–water partition coefficient (Wildman–Crippen LogP) is 5.66. The Balaban J connectivity index is 1.71. The highest BCUT2D eigenvalue weighted by atomic mass is 19.1. The molecule has 0 aliphatic rings. The normalized spacial score (nSPS) is 12.0. The van der Waals surface area contributed by atoms with E-state index in [1.165, 1.54) is 23.2 Å². The molecule has 38 heavy (non-hydrogen) atoms. The molecule has 0 aliphatic carbocycles. The van der Waals surface area contributed by atoms with Crippen molar-refractivity contribution < 1.29 is 14.0 Å². The van der Waals surface area contributed by atoms with E-state index in [0.29, 0.717) is 23.2 Å². The average Bonchev–Trinajstić information content (AvgIpc) is 2.92. The van der Waals surface area contributed by atoms with Gasteiger partial charge in [0.15, 0.2) is 0 Å². The molecule has 0 radical (unpaired) electrons. The number of rotatable bonds is 8. The summed E-state index contributed by atoms with van der Waals surface area (Å²) in [7, 11) is 0. The molecule has 2 heterocycles. The third-order valence-electron chi connectivity index (χ3n) is 6.25. The van der Waals surface area contributed by atoms with E-state index in [1.807, 2.05) is 30.3 Å². The minimum Gasteiger partial charge on any atom is -0.354 e. The third kappa shape index (κ3) is 6.48. The lowest BCUT2D eigenvalue weighted by atomic mass is 9.87. The van der Waals surface area contributed by atoms with Gasteiger partial charge in [0, 0.05) is 42.6 Å². The zero-order valence-corrected chi connectivity index (χ0v) is 21.8. The lowest BCUT2D eigenvalue weighted by Gasteiger charge is -2.32. The van der Waals surface area contributed by atoms with Crippen LogP contribution in [0.1, 0.15) is 53.9 Å². The Hall–Kier alpha value is -4.39. The zero-order chi connectivity index (χ0) is 27.1. The first kappa shape index (κ1) is 26.7. The van der Waals surface area contributed by atoms with E-state index in [1.54, 1.807) is 48.9 Å². The molecule has 1 unspecified atom stereocenters. The minimum absolute atomic E-state index is 0.0756. The van der Waals surface area contributed by atoms with Crippen LogP contribution in [0.3, 0.4) is 0 Å². The van der Waals surface area contributed by atoms with E-state index >= 15 is 0 Å². The molecular formula is C31H31FN4O2. The maximum absolute atomic E-state index is 13.9. The highest BCUT2D eigenvalue weighted by Gasteiger charge is 2.34. The average molecular weight is 511 g/mol. The largest absolute Gasteiger partial charge is 0.354 e. The Morgan fingerprint density at radius 1 is 0.921 bits per heavy atom. The van der Waals surface area contributed by atoms with Gasteiger partial charge in [-0.25, -0.2) is 4.39 Å². The molecule has 4 aromatic rings. The van der Waals surface area contributed by atoms with Gasteiger partial charge in [0.2, 0.25) is 5.91 Å². The number of hydrogen-bond donors (Lipinski definition) is 1. The Labute approximate surface area is 222 Å². The smallest absolute Gasteiger partial charge is 0.260 e. The quantitative estimate of drug-likeness (QED) is 0.332. The zero-order valence-electron chi connectivity index (χ0n) is 21.8. The number of anilines is 1. The first-order valence-electron chi connectivity index (χ1n) is 12.5. The van der Waals surface area contributed by atoms with Gasteiger partial charge in [-0.15, -0.1) is 0 Å². The molecule has 2 amide bonds. The number of hydrogen-bond acceptors (Lipinski definition) is 4. The molecule has 4 rings (SSSR count). The number of halogens is 1. The van der Waals surface area contributed by atoms with Crippen LogP contribution in [0.4, 0.5) is 10.1 Å². The summed E-state index contributed by atoms with van der Waals surface area (Å²) in [6.45, 7) is 6.62.